The number of aryl methyl sites for hydroxylation is 3. The summed E-state index contributed by atoms with van der Waals surface area (Å²) < 4.78 is 8.09. The number of anilines is 1. The van der Waals surface area contributed by atoms with Crippen LogP contribution in [-0.2, 0) is 4.79 Å². The molecule has 2 heterocycles. The molecule has 0 aliphatic carbocycles. The van der Waals surface area contributed by atoms with Crippen LogP contribution in [0.25, 0.3) is 16.0 Å². The third-order valence-electron chi connectivity index (χ3n) is 5.81. The second-order valence-corrected chi connectivity index (χ2v) is 9.31. The first-order valence-corrected chi connectivity index (χ1v) is 11.7. The molecule has 0 fully saturated rings. The molecule has 33 heavy (non-hydrogen) atoms. The Balaban J connectivity index is 1.49. The number of fused-ring (bicyclic) bond motifs is 1. The maximum absolute atomic E-state index is 12.7. The summed E-state index contributed by atoms with van der Waals surface area (Å²) in [6, 6.07) is 13.9. The molecule has 0 spiro atoms. The van der Waals surface area contributed by atoms with Gasteiger partial charge in [-0.2, -0.15) is 10.1 Å². The van der Waals surface area contributed by atoms with E-state index in [0.29, 0.717) is 0 Å². The van der Waals surface area contributed by atoms with E-state index < -0.39 is 0 Å². The van der Waals surface area contributed by atoms with E-state index in [-0.39, 0.29) is 18.5 Å². The molecule has 7 nitrogen and oxygen atoms in total. The lowest BCUT2D eigenvalue weighted by Crippen LogP contribution is -2.36. The highest BCUT2D eigenvalue weighted by molar-refractivity contribution is 7.22. The molecule has 0 saturated heterocycles. The molecule has 172 valence electrons. The van der Waals surface area contributed by atoms with E-state index in [4.69, 9.17) is 9.72 Å². The van der Waals surface area contributed by atoms with E-state index in [9.17, 15) is 4.79 Å². The van der Waals surface area contributed by atoms with Crippen molar-refractivity contribution in [3.8, 4) is 11.4 Å². The highest BCUT2D eigenvalue weighted by Gasteiger charge is 2.19. The maximum Gasteiger partial charge on any atom is 0.240 e. The third-order valence-corrected chi connectivity index (χ3v) is 7.08. The number of hydrogen-bond donors (Lipinski definition) is 1. The number of hydrogen-bond acceptors (Lipinski definition) is 6. The second kappa shape index (κ2) is 9.23. The first-order valence-electron chi connectivity index (χ1n) is 10.8. The molecule has 2 aromatic heterocycles. The molecule has 1 amide bonds. The zero-order valence-corrected chi connectivity index (χ0v) is 20.7. The summed E-state index contributed by atoms with van der Waals surface area (Å²) in [5.41, 5.74) is 6.18. The van der Waals surface area contributed by atoms with Crippen molar-refractivity contribution in [3.05, 3.63) is 64.8 Å². The summed E-state index contributed by atoms with van der Waals surface area (Å²) in [7, 11) is 3.53. The Morgan fingerprint density at radius 1 is 1.15 bits per heavy atom. The number of thiazole rings is 1. The first kappa shape index (κ1) is 22.8. The molecule has 2 aromatic carbocycles. The molecule has 1 atom stereocenters. The number of carbonyl (C=O) groups is 1. The van der Waals surface area contributed by atoms with E-state index >= 15 is 0 Å². The van der Waals surface area contributed by atoms with Gasteiger partial charge in [-0.3, -0.25) is 4.79 Å². The zero-order valence-electron chi connectivity index (χ0n) is 19.8. The average Bonchev–Trinajstić information content (AvgIpc) is 3.36. The second-order valence-electron chi connectivity index (χ2n) is 8.33. The fraction of sp³-hybridized carbons (Fsp3) is 0.320. The van der Waals surface area contributed by atoms with Gasteiger partial charge in [-0.15, -0.1) is 0 Å². The van der Waals surface area contributed by atoms with Crippen LogP contribution in [0.15, 0.2) is 42.5 Å². The maximum atomic E-state index is 12.7. The number of aromatic nitrogens is 3. The minimum atomic E-state index is -0.0635. The zero-order chi connectivity index (χ0) is 23.7. The Morgan fingerprint density at radius 2 is 1.88 bits per heavy atom. The van der Waals surface area contributed by atoms with Crippen molar-refractivity contribution in [2.45, 2.75) is 33.7 Å². The largest absolute Gasteiger partial charge is 0.497 e. The molecule has 0 saturated carbocycles. The molecule has 0 aliphatic rings. The summed E-state index contributed by atoms with van der Waals surface area (Å²) in [5, 5.41) is 8.53. The van der Waals surface area contributed by atoms with Crippen molar-refractivity contribution in [2.75, 3.05) is 25.6 Å². The number of nitrogens with one attached hydrogen (secondary N) is 1. The number of carbonyl (C=O) groups excluding carboxylic acids is 1. The fourth-order valence-corrected chi connectivity index (χ4v) is 4.62. The Labute approximate surface area is 198 Å². The van der Waals surface area contributed by atoms with Gasteiger partial charge in [-0.1, -0.05) is 29.5 Å². The molecule has 1 N–H and O–H groups in total. The van der Waals surface area contributed by atoms with E-state index in [1.54, 1.807) is 18.4 Å². The lowest BCUT2D eigenvalue weighted by atomic mass is 10.0. The topological polar surface area (TPSA) is 72.3 Å². The summed E-state index contributed by atoms with van der Waals surface area (Å²) >= 11 is 1.54. The molecule has 4 aromatic rings. The van der Waals surface area contributed by atoms with E-state index in [1.165, 1.54) is 11.1 Å². The molecular weight excluding hydrogens is 434 g/mol. The quantitative estimate of drug-likeness (QED) is 0.429. The summed E-state index contributed by atoms with van der Waals surface area (Å²) in [4.78, 5) is 19.4. The Bertz CT molecular complexity index is 1290. The molecule has 0 radical (unpaired) electrons. The number of ether oxygens (including phenoxy) is 1. The van der Waals surface area contributed by atoms with Crippen LogP contribution in [-0.4, -0.2) is 41.4 Å². The van der Waals surface area contributed by atoms with E-state index in [2.05, 4.69) is 42.5 Å². The number of rotatable bonds is 7. The van der Waals surface area contributed by atoms with Gasteiger partial charge in [-0.05, 0) is 68.7 Å². The van der Waals surface area contributed by atoms with Gasteiger partial charge >= 0.3 is 0 Å². The molecule has 4 rings (SSSR count). The first-order chi connectivity index (χ1) is 15.8. The fourth-order valence-electron chi connectivity index (χ4n) is 3.68. The minimum absolute atomic E-state index is 0.0454. The average molecular weight is 464 g/mol. The highest BCUT2D eigenvalue weighted by atomic mass is 32.1. The summed E-state index contributed by atoms with van der Waals surface area (Å²) in [6.07, 6.45) is 0. The number of benzene rings is 2. The van der Waals surface area contributed by atoms with Gasteiger partial charge in [0, 0.05) is 7.05 Å². The van der Waals surface area contributed by atoms with Crippen LogP contribution in [0, 0.1) is 20.8 Å². The van der Waals surface area contributed by atoms with Gasteiger partial charge in [-0.25, -0.2) is 4.68 Å². The number of likely N-dealkylation sites (N-methyl/N-ethyl adjacent to an activating group) is 1. The van der Waals surface area contributed by atoms with Gasteiger partial charge in [0.1, 0.15) is 5.75 Å². The Kier molecular flexibility index (Phi) is 6.37. The van der Waals surface area contributed by atoms with Gasteiger partial charge in [0.15, 0.2) is 10.8 Å². The SMILES string of the molecule is COc1ccc(-n2nc(C)c3sc(N(C)CC(=O)N[C@@H](C)c4ccc(C)c(C)c4)nc32)cc1. The van der Waals surface area contributed by atoms with Crippen LogP contribution in [0.1, 0.15) is 35.3 Å². The van der Waals surface area contributed by atoms with Crippen LogP contribution in [0.2, 0.25) is 0 Å². The van der Waals surface area contributed by atoms with Crippen molar-refractivity contribution in [1.29, 1.82) is 0 Å². The smallest absolute Gasteiger partial charge is 0.240 e. The predicted molar refractivity (Wildman–Crippen MR) is 134 cm³/mol. The molecule has 0 aliphatic heterocycles. The summed E-state index contributed by atoms with van der Waals surface area (Å²) in [5.74, 6) is 0.745. The molecule has 0 unspecified atom stereocenters. The number of nitrogens with zero attached hydrogens (tertiary/aromatic N) is 4. The normalized spacial score (nSPS) is 12.1. The van der Waals surface area contributed by atoms with Crippen LogP contribution in [0.3, 0.4) is 0 Å². The molecule has 0 bridgehead atoms. The van der Waals surface area contributed by atoms with Crippen LogP contribution >= 0.6 is 11.3 Å². The van der Waals surface area contributed by atoms with Gasteiger partial charge in [0.25, 0.3) is 0 Å². The van der Waals surface area contributed by atoms with Crippen molar-refractivity contribution < 1.29 is 9.53 Å². The van der Waals surface area contributed by atoms with Crippen molar-refractivity contribution >= 4 is 32.7 Å². The molecular formula is C25H29N5O2S. The van der Waals surface area contributed by atoms with Crippen molar-refractivity contribution in [3.63, 3.8) is 0 Å². The van der Waals surface area contributed by atoms with E-state index in [0.717, 1.165) is 38.2 Å². The third kappa shape index (κ3) is 4.71. The highest BCUT2D eigenvalue weighted by Crippen LogP contribution is 2.32. The minimum Gasteiger partial charge on any atom is -0.497 e. The molecule has 8 heteroatoms. The van der Waals surface area contributed by atoms with Crippen molar-refractivity contribution in [2.24, 2.45) is 0 Å². The van der Waals surface area contributed by atoms with Gasteiger partial charge in [0.05, 0.1) is 35.8 Å². The van der Waals surface area contributed by atoms with Crippen molar-refractivity contribution in [1.82, 2.24) is 20.1 Å². The lowest BCUT2D eigenvalue weighted by Gasteiger charge is -2.19. The van der Waals surface area contributed by atoms with Crippen LogP contribution in [0.5, 0.6) is 5.75 Å². The number of methoxy groups -OCH3 is 1. The van der Waals surface area contributed by atoms with Gasteiger partial charge in [0.2, 0.25) is 5.91 Å². The lowest BCUT2D eigenvalue weighted by molar-refractivity contribution is -0.120. The number of amides is 1. The standard InChI is InChI=1S/C25H29N5O2S/c1-15-7-8-19(13-16(15)2)17(3)26-22(31)14-29(5)25-27-24-23(33-25)18(4)28-30(24)20-9-11-21(32-6)12-10-20/h7-13,17H,14H2,1-6H3,(H,26,31)/t17-/m0/s1. The monoisotopic (exact) mass is 463 g/mol. The van der Waals surface area contributed by atoms with Crippen LogP contribution in [0.4, 0.5) is 5.13 Å². The Hall–Kier alpha value is -3.39. The predicted octanol–water partition coefficient (Wildman–Crippen LogP) is 4.73. The van der Waals surface area contributed by atoms with Crippen LogP contribution < -0.4 is 15.0 Å². The summed E-state index contributed by atoms with van der Waals surface area (Å²) in [6.45, 7) is 8.38. The van der Waals surface area contributed by atoms with E-state index in [1.807, 2.05) is 54.7 Å². The Morgan fingerprint density at radius 3 is 2.55 bits per heavy atom. The van der Waals surface area contributed by atoms with Gasteiger partial charge < -0.3 is 15.0 Å².